The molecule has 0 fully saturated rings. The summed E-state index contributed by atoms with van der Waals surface area (Å²) in [6, 6.07) is 16.3. The van der Waals surface area contributed by atoms with Gasteiger partial charge in [0.2, 0.25) is 5.91 Å². The zero-order valence-corrected chi connectivity index (χ0v) is 21.9. The molecule has 1 unspecified atom stereocenters. The number of carbonyl (C=O) groups excluding carboxylic acids is 1. The number of sulfone groups is 1. The normalized spacial score (nSPS) is 12.4. The molecule has 0 aromatic heterocycles. The Morgan fingerprint density at radius 2 is 1.63 bits per heavy atom. The van der Waals surface area contributed by atoms with E-state index in [0.29, 0.717) is 18.0 Å². The maximum absolute atomic E-state index is 12.6. The smallest absolute Gasteiger partial charge is 0.416 e. The van der Waals surface area contributed by atoms with Crippen LogP contribution in [0.15, 0.2) is 89.8 Å². The third-order valence-electron chi connectivity index (χ3n) is 5.10. The van der Waals surface area contributed by atoms with Gasteiger partial charge < -0.3 is 10.1 Å². The Bertz CT molecular complexity index is 1320. The Labute approximate surface area is 220 Å². The van der Waals surface area contributed by atoms with Crippen molar-refractivity contribution in [1.29, 1.82) is 0 Å². The monoisotopic (exact) mass is 551 g/mol. The number of ether oxygens (including phenoxy) is 1. The Balaban J connectivity index is 0.000000384. The predicted octanol–water partition coefficient (Wildman–Crippen LogP) is 6.95. The molecule has 1 amide bonds. The van der Waals surface area contributed by atoms with Crippen molar-refractivity contribution in [3.63, 3.8) is 0 Å². The summed E-state index contributed by atoms with van der Waals surface area (Å²) in [5.41, 5.74) is 0.108. The summed E-state index contributed by atoms with van der Waals surface area (Å²) in [4.78, 5) is 12.2. The third kappa shape index (κ3) is 10.4. The fourth-order valence-electron chi connectivity index (χ4n) is 3.03. The second kappa shape index (κ2) is 13.8. The van der Waals surface area contributed by atoms with Crippen molar-refractivity contribution < 1.29 is 35.5 Å². The van der Waals surface area contributed by atoms with Crippen LogP contribution in [-0.4, -0.2) is 20.6 Å². The summed E-state index contributed by atoms with van der Waals surface area (Å²) in [5, 5.41) is 2.85. The number of nitrogens with one attached hydrogen (secondary N) is 1. The Hall–Kier alpha value is -3.66. The number of carbonyl (C=O) groups is 1. The summed E-state index contributed by atoms with van der Waals surface area (Å²) in [5.74, 6) is 0.0747. The number of alkyl halides is 3. The van der Waals surface area contributed by atoms with Crippen LogP contribution < -0.4 is 10.1 Å². The van der Waals surface area contributed by atoms with Crippen LogP contribution in [0, 0.1) is 11.7 Å². The average molecular weight is 552 g/mol. The van der Waals surface area contributed by atoms with Crippen LogP contribution in [0.1, 0.15) is 31.4 Å². The molecule has 0 heterocycles. The van der Waals surface area contributed by atoms with Crippen LogP contribution in [0.25, 0.3) is 0 Å². The first-order valence-electron chi connectivity index (χ1n) is 11.6. The number of rotatable bonds is 8. The summed E-state index contributed by atoms with van der Waals surface area (Å²) in [6.07, 6.45) is 1.39. The molecule has 5 nitrogen and oxygen atoms in total. The third-order valence-corrected chi connectivity index (χ3v) is 6.23. The highest BCUT2D eigenvalue weighted by molar-refractivity contribution is 7.90. The summed E-state index contributed by atoms with van der Waals surface area (Å²) in [6.45, 7) is 4.17. The second-order valence-electron chi connectivity index (χ2n) is 8.34. The lowest BCUT2D eigenvalue weighted by molar-refractivity contribution is -0.137. The minimum atomic E-state index is -4.37. The van der Waals surface area contributed by atoms with E-state index in [2.05, 4.69) is 5.32 Å². The van der Waals surface area contributed by atoms with Gasteiger partial charge in [-0.15, -0.1) is 0 Å². The first kappa shape index (κ1) is 30.6. The molecule has 38 heavy (non-hydrogen) atoms. The van der Waals surface area contributed by atoms with Crippen LogP contribution in [0.2, 0.25) is 0 Å². The number of benzene rings is 3. The molecule has 0 saturated heterocycles. The number of hydrogen-bond donors (Lipinski definition) is 1. The minimum Gasteiger partial charge on any atom is -0.457 e. The van der Waals surface area contributed by atoms with Gasteiger partial charge in [0.05, 0.1) is 16.4 Å². The number of hydrogen-bond acceptors (Lipinski definition) is 4. The van der Waals surface area contributed by atoms with Gasteiger partial charge in [0.15, 0.2) is 9.84 Å². The van der Waals surface area contributed by atoms with Gasteiger partial charge in [-0.1, -0.05) is 38.1 Å². The van der Waals surface area contributed by atoms with E-state index in [-0.39, 0.29) is 16.7 Å². The van der Waals surface area contributed by atoms with Gasteiger partial charge in [-0.3, -0.25) is 4.79 Å². The van der Waals surface area contributed by atoms with Crippen molar-refractivity contribution in [2.45, 2.75) is 37.9 Å². The van der Waals surface area contributed by atoms with E-state index >= 15 is 0 Å². The zero-order valence-electron chi connectivity index (χ0n) is 21.1. The Morgan fingerprint density at radius 1 is 1.00 bits per heavy atom. The molecule has 0 saturated carbocycles. The lowest BCUT2D eigenvalue weighted by atomic mass is 10.1. The molecule has 1 N–H and O–H groups in total. The van der Waals surface area contributed by atoms with Gasteiger partial charge >= 0.3 is 6.18 Å². The Kier molecular flexibility index (Phi) is 11.1. The van der Waals surface area contributed by atoms with Crippen molar-refractivity contribution in [2.24, 2.45) is 5.92 Å². The van der Waals surface area contributed by atoms with E-state index in [0.717, 1.165) is 42.5 Å². The molecule has 0 aliphatic carbocycles. The molecule has 1 atom stereocenters. The molecule has 204 valence electrons. The van der Waals surface area contributed by atoms with Crippen LogP contribution in [-0.2, 0) is 27.4 Å². The first-order chi connectivity index (χ1) is 17.8. The maximum Gasteiger partial charge on any atom is 0.416 e. The van der Waals surface area contributed by atoms with Gasteiger partial charge in [-0.25, -0.2) is 12.8 Å². The van der Waals surface area contributed by atoms with Crippen LogP contribution in [0.3, 0.4) is 0 Å². The molecule has 0 radical (unpaired) electrons. The molecule has 3 rings (SSSR count). The van der Waals surface area contributed by atoms with Crippen molar-refractivity contribution in [3.05, 3.63) is 102 Å². The van der Waals surface area contributed by atoms with E-state index in [1.807, 2.05) is 32.1 Å². The molecule has 0 aliphatic rings. The van der Waals surface area contributed by atoms with Crippen LogP contribution >= 0.6 is 0 Å². The fraction of sp³-hybridized carbons (Fsp3) is 0.250. The average Bonchev–Trinajstić information content (AvgIpc) is 2.86. The number of allylic oxidation sites excluding steroid dienone is 1. The van der Waals surface area contributed by atoms with Crippen molar-refractivity contribution in [2.75, 3.05) is 6.26 Å². The molecule has 10 heteroatoms. The quantitative estimate of drug-likeness (QED) is 0.187. The highest BCUT2D eigenvalue weighted by Gasteiger charge is 2.30. The molecule has 3 aromatic rings. The standard InChI is InChI=1S/C21H22F3NO2.C7H7FO2S/c1-3-4-6-15(2)20(26)25-14-16-7-5-8-19(13-16)27-18-11-9-17(10-12-18)21(22,23)24;1-11(9,10)7-4-2-6(8)3-5-7/h4-13,15H,3,14H2,1-2H3,(H,25,26);2-5H,1H3/b6-4-;. The van der Waals surface area contributed by atoms with Crippen LogP contribution in [0.4, 0.5) is 17.6 Å². The largest absolute Gasteiger partial charge is 0.457 e. The lowest BCUT2D eigenvalue weighted by Crippen LogP contribution is -2.27. The highest BCUT2D eigenvalue weighted by Crippen LogP contribution is 2.31. The van der Waals surface area contributed by atoms with E-state index in [1.54, 1.807) is 18.2 Å². The maximum atomic E-state index is 12.6. The van der Waals surface area contributed by atoms with E-state index in [4.69, 9.17) is 4.74 Å². The predicted molar refractivity (Wildman–Crippen MR) is 138 cm³/mol. The van der Waals surface area contributed by atoms with Gasteiger partial charge in [-0.05, 0) is 72.6 Å². The molecule has 0 spiro atoms. The lowest BCUT2D eigenvalue weighted by Gasteiger charge is -2.11. The summed E-state index contributed by atoms with van der Waals surface area (Å²) in [7, 11) is -3.19. The zero-order chi connectivity index (χ0) is 28.3. The van der Waals surface area contributed by atoms with Crippen LogP contribution in [0.5, 0.6) is 11.5 Å². The topological polar surface area (TPSA) is 72.5 Å². The molecule has 0 bridgehead atoms. The SMILES string of the molecule is CC/C=C\C(C)C(=O)NCc1cccc(Oc2ccc(C(F)(F)F)cc2)c1.CS(=O)(=O)c1ccc(F)cc1. The minimum absolute atomic E-state index is 0.0752. The van der Waals surface area contributed by atoms with E-state index in [1.165, 1.54) is 24.3 Å². The van der Waals surface area contributed by atoms with Gasteiger partial charge in [0, 0.05) is 12.8 Å². The summed E-state index contributed by atoms with van der Waals surface area (Å²) < 4.78 is 77.3. The fourth-order valence-corrected chi connectivity index (χ4v) is 3.66. The molecular formula is C28H29F4NO4S. The summed E-state index contributed by atoms with van der Waals surface area (Å²) >= 11 is 0. The first-order valence-corrected chi connectivity index (χ1v) is 13.5. The highest BCUT2D eigenvalue weighted by atomic mass is 32.2. The number of amides is 1. The van der Waals surface area contributed by atoms with Gasteiger partial charge in [0.25, 0.3) is 0 Å². The second-order valence-corrected chi connectivity index (χ2v) is 10.4. The molecule has 3 aromatic carbocycles. The van der Waals surface area contributed by atoms with Crippen molar-refractivity contribution in [3.8, 4) is 11.5 Å². The van der Waals surface area contributed by atoms with Crippen molar-refractivity contribution >= 4 is 15.7 Å². The van der Waals surface area contributed by atoms with Gasteiger partial charge in [0.1, 0.15) is 17.3 Å². The van der Waals surface area contributed by atoms with E-state index < -0.39 is 27.4 Å². The van der Waals surface area contributed by atoms with E-state index in [9.17, 15) is 30.8 Å². The van der Waals surface area contributed by atoms with Crippen molar-refractivity contribution in [1.82, 2.24) is 5.32 Å². The van der Waals surface area contributed by atoms with Gasteiger partial charge in [-0.2, -0.15) is 13.2 Å². The number of halogens is 4. The molecule has 0 aliphatic heterocycles. The molecular weight excluding hydrogens is 522 g/mol. The Morgan fingerprint density at radius 3 is 2.18 bits per heavy atom.